The first-order valence-electron chi connectivity index (χ1n) is 6.71. The summed E-state index contributed by atoms with van der Waals surface area (Å²) in [6, 6.07) is 7.21. The van der Waals surface area contributed by atoms with Gasteiger partial charge in [-0.25, -0.2) is 0 Å². The molecule has 1 nitrogen and oxygen atoms in total. The molecule has 0 amide bonds. The maximum Gasteiger partial charge on any atom is 0.417 e. The van der Waals surface area contributed by atoms with E-state index < -0.39 is 11.7 Å². The fourth-order valence-corrected chi connectivity index (χ4v) is 2.65. The average Bonchev–Trinajstić information content (AvgIpc) is 2.38. The van der Waals surface area contributed by atoms with Gasteiger partial charge in [-0.2, -0.15) is 13.2 Å². The first-order chi connectivity index (χ1) is 8.88. The molecule has 1 saturated heterocycles. The second-order valence-electron chi connectivity index (χ2n) is 5.44. The molecule has 0 bridgehead atoms. The number of benzene rings is 1. The SMILES string of the molecule is CC(C)N1CCC(c2cc[c]c(C(F)(F)F)c2)CC1. The van der Waals surface area contributed by atoms with Gasteiger partial charge in [0.25, 0.3) is 0 Å². The van der Waals surface area contributed by atoms with Gasteiger partial charge in [0.2, 0.25) is 0 Å². The molecule has 0 saturated carbocycles. The van der Waals surface area contributed by atoms with E-state index in [9.17, 15) is 13.2 Å². The molecule has 1 fully saturated rings. The Hall–Kier alpha value is -1.03. The fourth-order valence-electron chi connectivity index (χ4n) is 2.65. The highest BCUT2D eigenvalue weighted by Crippen LogP contribution is 2.34. The number of halogens is 3. The lowest BCUT2D eigenvalue weighted by Crippen LogP contribution is -2.37. The molecule has 1 aliphatic heterocycles. The molecule has 1 aromatic rings. The van der Waals surface area contributed by atoms with Crippen molar-refractivity contribution in [3.8, 4) is 0 Å². The van der Waals surface area contributed by atoms with Crippen LogP contribution in [0.15, 0.2) is 18.2 Å². The Balaban J connectivity index is 2.08. The zero-order valence-electron chi connectivity index (χ0n) is 11.3. The first-order valence-corrected chi connectivity index (χ1v) is 6.71. The number of hydrogen-bond donors (Lipinski definition) is 0. The van der Waals surface area contributed by atoms with Crippen molar-refractivity contribution in [2.24, 2.45) is 0 Å². The minimum atomic E-state index is -4.30. The van der Waals surface area contributed by atoms with Crippen molar-refractivity contribution < 1.29 is 13.2 Å². The van der Waals surface area contributed by atoms with Crippen molar-refractivity contribution in [1.82, 2.24) is 4.90 Å². The van der Waals surface area contributed by atoms with E-state index in [0.717, 1.165) is 31.5 Å². The molecule has 0 aliphatic carbocycles. The Labute approximate surface area is 112 Å². The molecular formula is C15H19F3N. The van der Waals surface area contributed by atoms with Gasteiger partial charge in [0.05, 0.1) is 5.56 Å². The molecule has 19 heavy (non-hydrogen) atoms. The van der Waals surface area contributed by atoms with E-state index >= 15 is 0 Å². The van der Waals surface area contributed by atoms with Gasteiger partial charge in [-0.1, -0.05) is 12.1 Å². The zero-order chi connectivity index (χ0) is 14.0. The van der Waals surface area contributed by atoms with E-state index in [0.29, 0.717) is 6.04 Å². The number of rotatable bonds is 2. The zero-order valence-corrected chi connectivity index (χ0v) is 11.3. The molecule has 1 aromatic carbocycles. The quantitative estimate of drug-likeness (QED) is 0.782. The average molecular weight is 270 g/mol. The molecule has 1 radical (unpaired) electrons. The molecule has 0 atom stereocenters. The topological polar surface area (TPSA) is 3.24 Å². The summed E-state index contributed by atoms with van der Waals surface area (Å²) in [4.78, 5) is 2.37. The summed E-state index contributed by atoms with van der Waals surface area (Å²) in [5.41, 5.74) is 0.144. The monoisotopic (exact) mass is 270 g/mol. The summed E-state index contributed by atoms with van der Waals surface area (Å²) in [7, 11) is 0. The molecule has 4 heteroatoms. The van der Waals surface area contributed by atoms with Crippen LogP contribution in [0.4, 0.5) is 13.2 Å². The Morgan fingerprint density at radius 2 is 1.89 bits per heavy atom. The Morgan fingerprint density at radius 3 is 2.42 bits per heavy atom. The number of likely N-dealkylation sites (tertiary alicyclic amines) is 1. The predicted octanol–water partition coefficient (Wildman–Crippen LogP) is 4.09. The lowest BCUT2D eigenvalue weighted by atomic mass is 9.88. The van der Waals surface area contributed by atoms with E-state index in [-0.39, 0.29) is 5.92 Å². The second-order valence-corrected chi connectivity index (χ2v) is 5.44. The molecule has 0 unspecified atom stereocenters. The highest BCUT2D eigenvalue weighted by molar-refractivity contribution is 5.27. The molecule has 0 aromatic heterocycles. The van der Waals surface area contributed by atoms with Crippen LogP contribution in [0.2, 0.25) is 0 Å². The van der Waals surface area contributed by atoms with E-state index in [1.54, 1.807) is 6.07 Å². The maximum absolute atomic E-state index is 12.7. The van der Waals surface area contributed by atoms with Crippen LogP contribution in [0.5, 0.6) is 0 Å². The molecule has 1 heterocycles. The Morgan fingerprint density at radius 1 is 1.26 bits per heavy atom. The van der Waals surface area contributed by atoms with Crippen molar-refractivity contribution in [3.05, 3.63) is 35.4 Å². The van der Waals surface area contributed by atoms with Crippen LogP contribution in [0.1, 0.15) is 43.7 Å². The van der Waals surface area contributed by atoms with Crippen LogP contribution in [-0.2, 0) is 6.18 Å². The predicted molar refractivity (Wildman–Crippen MR) is 69.0 cm³/mol. The number of hydrogen-bond acceptors (Lipinski definition) is 1. The van der Waals surface area contributed by atoms with Gasteiger partial charge in [-0.15, -0.1) is 0 Å². The highest BCUT2D eigenvalue weighted by Gasteiger charge is 2.31. The van der Waals surface area contributed by atoms with Gasteiger partial charge in [-0.3, -0.25) is 0 Å². The summed E-state index contributed by atoms with van der Waals surface area (Å²) in [5.74, 6) is 0.241. The molecule has 0 spiro atoms. The second kappa shape index (κ2) is 5.53. The third-order valence-corrected chi connectivity index (χ3v) is 3.86. The first kappa shape index (κ1) is 14.4. The number of piperidine rings is 1. The van der Waals surface area contributed by atoms with Gasteiger partial charge < -0.3 is 4.90 Å². The molecule has 2 rings (SSSR count). The molecule has 1 aliphatic rings. The van der Waals surface area contributed by atoms with Gasteiger partial charge in [0.1, 0.15) is 0 Å². The van der Waals surface area contributed by atoms with E-state index in [1.807, 2.05) is 0 Å². The van der Waals surface area contributed by atoms with E-state index in [4.69, 9.17) is 0 Å². The van der Waals surface area contributed by atoms with E-state index in [2.05, 4.69) is 24.8 Å². The standard InChI is InChI=1S/C15H19F3N/c1-11(2)19-8-6-12(7-9-19)13-4-3-5-14(10-13)15(16,17)18/h3-4,10-12H,6-9H2,1-2H3. The summed E-state index contributed by atoms with van der Waals surface area (Å²) in [6.45, 7) is 6.23. The van der Waals surface area contributed by atoms with Crippen molar-refractivity contribution in [3.63, 3.8) is 0 Å². The summed E-state index contributed by atoms with van der Waals surface area (Å²) in [6.07, 6.45) is -2.44. The van der Waals surface area contributed by atoms with Gasteiger partial charge in [0, 0.05) is 6.04 Å². The van der Waals surface area contributed by atoms with E-state index in [1.165, 1.54) is 12.1 Å². The number of alkyl halides is 3. The van der Waals surface area contributed by atoms with Crippen LogP contribution in [0.25, 0.3) is 0 Å². The van der Waals surface area contributed by atoms with Crippen LogP contribution >= 0.6 is 0 Å². The van der Waals surface area contributed by atoms with Crippen molar-refractivity contribution in [2.75, 3.05) is 13.1 Å². The van der Waals surface area contributed by atoms with Crippen molar-refractivity contribution >= 4 is 0 Å². The Bertz CT molecular complexity index is 418. The normalized spacial score (nSPS) is 19.1. The number of nitrogens with zero attached hydrogens (tertiary/aromatic N) is 1. The fraction of sp³-hybridized carbons (Fsp3) is 0.600. The smallest absolute Gasteiger partial charge is 0.301 e. The Kier molecular flexibility index (Phi) is 4.19. The summed E-state index contributed by atoms with van der Waals surface area (Å²) < 4.78 is 38.0. The van der Waals surface area contributed by atoms with Gasteiger partial charge >= 0.3 is 6.18 Å². The van der Waals surface area contributed by atoms with Crippen LogP contribution in [0.3, 0.4) is 0 Å². The largest absolute Gasteiger partial charge is 0.417 e. The van der Waals surface area contributed by atoms with Gasteiger partial charge in [0.15, 0.2) is 0 Å². The minimum Gasteiger partial charge on any atom is -0.301 e. The lowest BCUT2D eigenvalue weighted by Gasteiger charge is -2.34. The maximum atomic E-state index is 12.7. The molecular weight excluding hydrogens is 251 g/mol. The van der Waals surface area contributed by atoms with Crippen molar-refractivity contribution in [1.29, 1.82) is 0 Å². The highest BCUT2D eigenvalue weighted by atomic mass is 19.4. The minimum absolute atomic E-state index is 0.241. The van der Waals surface area contributed by atoms with Gasteiger partial charge in [-0.05, 0) is 63.4 Å². The van der Waals surface area contributed by atoms with Crippen LogP contribution < -0.4 is 0 Å². The molecule has 0 N–H and O–H groups in total. The summed E-state index contributed by atoms with van der Waals surface area (Å²) >= 11 is 0. The molecule has 105 valence electrons. The third-order valence-electron chi connectivity index (χ3n) is 3.86. The lowest BCUT2D eigenvalue weighted by molar-refractivity contribution is -0.137. The summed E-state index contributed by atoms with van der Waals surface area (Å²) in [5, 5.41) is 0. The van der Waals surface area contributed by atoms with Crippen LogP contribution in [-0.4, -0.2) is 24.0 Å². The van der Waals surface area contributed by atoms with Crippen molar-refractivity contribution in [2.45, 2.75) is 44.8 Å². The third kappa shape index (κ3) is 3.50. The van der Waals surface area contributed by atoms with Crippen LogP contribution in [0, 0.1) is 6.07 Å².